The quantitative estimate of drug-likeness (QED) is 0.407. The van der Waals surface area contributed by atoms with Crippen molar-refractivity contribution in [3.8, 4) is 0 Å². The molecule has 0 fully saturated rings. The highest BCUT2D eigenvalue weighted by Gasteiger charge is 2.30. The van der Waals surface area contributed by atoms with Gasteiger partial charge >= 0.3 is 17.9 Å². The van der Waals surface area contributed by atoms with Crippen LogP contribution in [0.2, 0.25) is 0 Å². The lowest BCUT2D eigenvalue weighted by Gasteiger charge is -2.29. The first-order chi connectivity index (χ1) is 13.0. The maximum Gasteiger partial charge on any atom is 0.323 e. The zero-order chi connectivity index (χ0) is 20.1. The van der Waals surface area contributed by atoms with E-state index in [4.69, 9.17) is 14.2 Å². The second-order valence-electron chi connectivity index (χ2n) is 5.81. The van der Waals surface area contributed by atoms with Crippen LogP contribution >= 0.6 is 0 Å². The molecule has 0 N–H and O–H groups in total. The van der Waals surface area contributed by atoms with E-state index in [1.165, 1.54) is 0 Å². The predicted octanol–water partition coefficient (Wildman–Crippen LogP) is 2.33. The van der Waals surface area contributed by atoms with Gasteiger partial charge in [-0.2, -0.15) is 0 Å². The summed E-state index contributed by atoms with van der Waals surface area (Å²) in [7, 11) is 0. The van der Waals surface area contributed by atoms with E-state index in [1.807, 2.05) is 30.3 Å². The fraction of sp³-hybridized carbons (Fsp3) is 0.550. The molecular formula is C20H29NO6. The molecule has 0 amide bonds. The fourth-order valence-corrected chi connectivity index (χ4v) is 2.64. The van der Waals surface area contributed by atoms with Crippen molar-refractivity contribution in [1.29, 1.82) is 0 Å². The molecule has 0 saturated carbocycles. The lowest BCUT2D eigenvalue weighted by molar-refractivity contribution is -0.154. The van der Waals surface area contributed by atoms with Crippen LogP contribution in [0, 0.1) is 0 Å². The maximum absolute atomic E-state index is 12.5. The average molecular weight is 379 g/mol. The van der Waals surface area contributed by atoms with Gasteiger partial charge in [0.15, 0.2) is 0 Å². The van der Waals surface area contributed by atoms with Crippen LogP contribution in [0.5, 0.6) is 0 Å². The van der Waals surface area contributed by atoms with Crippen molar-refractivity contribution in [2.75, 3.05) is 26.4 Å². The normalized spacial score (nSPS) is 11.7. The summed E-state index contributed by atoms with van der Waals surface area (Å²) in [5.74, 6) is -1.29. The van der Waals surface area contributed by atoms with Crippen LogP contribution in [0.3, 0.4) is 0 Å². The van der Waals surface area contributed by atoms with E-state index in [-0.39, 0.29) is 45.2 Å². The summed E-state index contributed by atoms with van der Waals surface area (Å²) in [4.78, 5) is 38.0. The Morgan fingerprint density at radius 1 is 0.889 bits per heavy atom. The average Bonchev–Trinajstić information content (AvgIpc) is 2.63. The number of nitrogens with zero attached hydrogens (tertiary/aromatic N) is 1. The highest BCUT2D eigenvalue weighted by molar-refractivity contribution is 5.79. The van der Waals surface area contributed by atoms with Crippen molar-refractivity contribution < 1.29 is 28.6 Å². The summed E-state index contributed by atoms with van der Waals surface area (Å²) in [5.41, 5.74) is 0.937. The highest BCUT2D eigenvalue weighted by Crippen LogP contribution is 2.15. The molecule has 0 radical (unpaired) electrons. The Kier molecular flexibility index (Phi) is 10.8. The zero-order valence-corrected chi connectivity index (χ0v) is 16.3. The van der Waals surface area contributed by atoms with E-state index in [0.29, 0.717) is 6.54 Å². The number of hydrogen-bond acceptors (Lipinski definition) is 7. The van der Waals surface area contributed by atoms with Gasteiger partial charge in [-0.3, -0.25) is 19.3 Å². The Hall–Kier alpha value is -2.41. The van der Waals surface area contributed by atoms with Gasteiger partial charge in [-0.05, 0) is 32.8 Å². The lowest BCUT2D eigenvalue weighted by Crippen LogP contribution is -2.45. The van der Waals surface area contributed by atoms with Crippen LogP contribution in [0.1, 0.15) is 39.2 Å². The smallest absolute Gasteiger partial charge is 0.323 e. The third kappa shape index (κ3) is 8.68. The van der Waals surface area contributed by atoms with Crippen LogP contribution < -0.4 is 0 Å². The molecule has 7 nitrogen and oxygen atoms in total. The molecule has 1 aromatic carbocycles. The molecule has 0 bridgehead atoms. The van der Waals surface area contributed by atoms with E-state index in [9.17, 15) is 14.4 Å². The first-order valence-corrected chi connectivity index (χ1v) is 9.27. The molecule has 0 aliphatic heterocycles. The number of rotatable bonds is 12. The van der Waals surface area contributed by atoms with Gasteiger partial charge < -0.3 is 14.2 Å². The molecule has 0 spiro atoms. The highest BCUT2D eigenvalue weighted by atomic mass is 16.5. The molecular weight excluding hydrogens is 350 g/mol. The van der Waals surface area contributed by atoms with E-state index in [0.717, 1.165) is 5.56 Å². The van der Waals surface area contributed by atoms with Crippen LogP contribution in [-0.2, 0) is 35.1 Å². The second kappa shape index (κ2) is 12.9. The molecule has 27 heavy (non-hydrogen) atoms. The van der Waals surface area contributed by atoms with Gasteiger partial charge in [0, 0.05) is 13.0 Å². The summed E-state index contributed by atoms with van der Waals surface area (Å²) >= 11 is 0. The molecule has 1 atom stereocenters. The van der Waals surface area contributed by atoms with Gasteiger partial charge in [-0.15, -0.1) is 0 Å². The molecule has 7 heteroatoms. The molecule has 150 valence electrons. The Balaban J connectivity index is 2.99. The number of ether oxygens (including phenoxy) is 3. The van der Waals surface area contributed by atoms with Crippen molar-refractivity contribution >= 4 is 17.9 Å². The van der Waals surface area contributed by atoms with Crippen molar-refractivity contribution in [3.63, 3.8) is 0 Å². The monoisotopic (exact) mass is 379 g/mol. The van der Waals surface area contributed by atoms with E-state index >= 15 is 0 Å². The molecule has 0 aliphatic rings. The molecule has 1 unspecified atom stereocenters. The molecule has 0 aliphatic carbocycles. The number of esters is 3. The molecule has 0 saturated heterocycles. The van der Waals surface area contributed by atoms with Crippen LogP contribution in [0.4, 0.5) is 0 Å². The predicted molar refractivity (Wildman–Crippen MR) is 99.8 cm³/mol. The fourth-order valence-electron chi connectivity index (χ4n) is 2.64. The standard InChI is InChI=1S/C20H29NO6/c1-4-25-18(22)13-12-17(20(24)27-6-3)21(15-19(23)26-5-2)14-16-10-8-7-9-11-16/h7-11,17H,4-6,12-15H2,1-3H3. The summed E-state index contributed by atoms with van der Waals surface area (Å²) < 4.78 is 15.2. The van der Waals surface area contributed by atoms with Crippen molar-refractivity contribution in [2.45, 2.75) is 46.2 Å². The largest absolute Gasteiger partial charge is 0.466 e. The summed E-state index contributed by atoms with van der Waals surface area (Å²) in [6.45, 7) is 6.19. The van der Waals surface area contributed by atoms with Crippen LogP contribution in [0.25, 0.3) is 0 Å². The molecule has 1 rings (SSSR count). The van der Waals surface area contributed by atoms with Crippen LogP contribution in [-0.4, -0.2) is 55.2 Å². The third-order valence-electron chi connectivity index (χ3n) is 3.79. The topological polar surface area (TPSA) is 82.1 Å². The first kappa shape index (κ1) is 22.6. The minimum absolute atomic E-state index is 0.0609. The Bertz CT molecular complexity index is 589. The lowest BCUT2D eigenvalue weighted by atomic mass is 10.1. The Morgan fingerprint density at radius 2 is 1.48 bits per heavy atom. The van der Waals surface area contributed by atoms with Gasteiger partial charge in [-0.25, -0.2) is 0 Å². The summed E-state index contributed by atoms with van der Waals surface area (Å²) in [6, 6.07) is 8.73. The summed E-state index contributed by atoms with van der Waals surface area (Å²) in [6.07, 6.45) is 0.259. The first-order valence-electron chi connectivity index (χ1n) is 9.27. The van der Waals surface area contributed by atoms with E-state index in [2.05, 4.69) is 0 Å². The Morgan fingerprint density at radius 3 is 2.07 bits per heavy atom. The minimum atomic E-state index is -0.751. The van der Waals surface area contributed by atoms with Gasteiger partial charge in [0.1, 0.15) is 6.04 Å². The molecule has 1 aromatic rings. The minimum Gasteiger partial charge on any atom is -0.466 e. The Labute approximate surface area is 160 Å². The number of benzene rings is 1. The maximum atomic E-state index is 12.5. The van der Waals surface area contributed by atoms with Crippen molar-refractivity contribution in [2.24, 2.45) is 0 Å². The number of carbonyl (C=O) groups excluding carboxylic acids is 3. The van der Waals surface area contributed by atoms with Gasteiger partial charge in [0.25, 0.3) is 0 Å². The number of hydrogen-bond donors (Lipinski definition) is 0. The van der Waals surface area contributed by atoms with E-state index in [1.54, 1.807) is 25.7 Å². The van der Waals surface area contributed by atoms with Crippen LogP contribution in [0.15, 0.2) is 30.3 Å². The number of carbonyl (C=O) groups is 3. The van der Waals surface area contributed by atoms with Gasteiger partial charge in [0.2, 0.25) is 0 Å². The van der Waals surface area contributed by atoms with Crippen molar-refractivity contribution in [3.05, 3.63) is 35.9 Å². The van der Waals surface area contributed by atoms with Gasteiger partial charge in [-0.1, -0.05) is 30.3 Å². The third-order valence-corrected chi connectivity index (χ3v) is 3.79. The second-order valence-corrected chi connectivity index (χ2v) is 5.81. The van der Waals surface area contributed by atoms with Gasteiger partial charge in [0.05, 0.1) is 26.4 Å². The molecule has 0 aromatic heterocycles. The molecule has 0 heterocycles. The van der Waals surface area contributed by atoms with Crippen molar-refractivity contribution in [1.82, 2.24) is 4.90 Å². The summed E-state index contributed by atoms with van der Waals surface area (Å²) in [5, 5.41) is 0. The zero-order valence-electron chi connectivity index (χ0n) is 16.3. The van der Waals surface area contributed by atoms with E-state index < -0.39 is 18.0 Å². The SMILES string of the molecule is CCOC(=O)CCC(C(=O)OCC)N(CC(=O)OCC)Cc1ccccc1.